The number of ether oxygens (including phenoxy) is 3. The van der Waals surface area contributed by atoms with Gasteiger partial charge in [-0.3, -0.25) is 0 Å². The third-order valence-corrected chi connectivity index (χ3v) is 6.38. The zero-order valence-electron chi connectivity index (χ0n) is 17.8. The summed E-state index contributed by atoms with van der Waals surface area (Å²) in [6, 6.07) is 15.9. The maximum absolute atomic E-state index is 12.4. The molecular formula is C25H17BrCl3NO4. The van der Waals surface area contributed by atoms with Crippen molar-refractivity contribution in [3.63, 3.8) is 0 Å². The fourth-order valence-electron chi connectivity index (χ4n) is 3.18. The summed E-state index contributed by atoms with van der Waals surface area (Å²) in [6.07, 6.45) is 1.61. The van der Waals surface area contributed by atoms with Crippen LogP contribution in [0.3, 0.4) is 0 Å². The smallest absolute Gasteiger partial charge is 0.363 e. The summed E-state index contributed by atoms with van der Waals surface area (Å²) >= 11 is 21.8. The molecule has 0 aromatic heterocycles. The van der Waals surface area contributed by atoms with E-state index in [4.69, 9.17) is 49.0 Å². The summed E-state index contributed by atoms with van der Waals surface area (Å²) in [5, 5.41) is 1.37. The molecule has 4 rings (SSSR count). The van der Waals surface area contributed by atoms with Crippen LogP contribution in [0.2, 0.25) is 15.1 Å². The predicted octanol–water partition coefficient (Wildman–Crippen LogP) is 7.73. The second-order valence-electron chi connectivity index (χ2n) is 7.12. The van der Waals surface area contributed by atoms with E-state index in [2.05, 4.69) is 20.9 Å². The minimum atomic E-state index is -0.566. The van der Waals surface area contributed by atoms with Crippen LogP contribution in [-0.2, 0) is 16.1 Å². The van der Waals surface area contributed by atoms with Crippen LogP contribution in [0.1, 0.15) is 23.6 Å². The molecule has 0 radical (unpaired) electrons. The first-order chi connectivity index (χ1) is 16.4. The summed E-state index contributed by atoms with van der Waals surface area (Å²) in [6.45, 7) is 2.55. The second-order valence-corrected chi connectivity index (χ2v) is 9.19. The number of carbonyl (C=O) groups excluding carboxylic acids is 1. The van der Waals surface area contributed by atoms with Crippen molar-refractivity contribution in [3.8, 4) is 11.5 Å². The van der Waals surface area contributed by atoms with Crippen molar-refractivity contribution >= 4 is 68.7 Å². The highest BCUT2D eigenvalue weighted by molar-refractivity contribution is 9.10. The lowest BCUT2D eigenvalue weighted by Gasteiger charge is -2.15. The van der Waals surface area contributed by atoms with Crippen LogP contribution in [-0.4, -0.2) is 18.5 Å². The number of benzene rings is 3. The molecule has 0 N–H and O–H groups in total. The summed E-state index contributed by atoms with van der Waals surface area (Å²) < 4.78 is 17.8. The first kappa shape index (κ1) is 24.6. The highest BCUT2D eigenvalue weighted by Crippen LogP contribution is 2.38. The Morgan fingerprint density at radius 1 is 1.00 bits per heavy atom. The summed E-state index contributed by atoms with van der Waals surface area (Å²) in [7, 11) is 0. The van der Waals surface area contributed by atoms with Gasteiger partial charge >= 0.3 is 5.97 Å². The zero-order valence-corrected chi connectivity index (χ0v) is 21.6. The molecule has 0 saturated carbocycles. The number of halogens is 4. The maximum Gasteiger partial charge on any atom is 0.363 e. The van der Waals surface area contributed by atoms with E-state index in [0.717, 1.165) is 5.56 Å². The molecule has 3 aromatic carbocycles. The predicted molar refractivity (Wildman–Crippen MR) is 138 cm³/mol. The standard InChI is InChI=1S/C25H17BrCl3NO4/c1-2-32-22-12-15(9-17(26)23(22)33-13-14-7-8-19(28)20(29)10-14)11-21-25(31)34-24(30-21)16-5-3-4-6-18(16)27/h3-12H,2,13H2,1H3/b21-11-. The molecule has 1 heterocycles. The minimum absolute atomic E-state index is 0.147. The molecule has 3 aromatic rings. The molecule has 0 bridgehead atoms. The van der Waals surface area contributed by atoms with E-state index in [1.165, 1.54) is 0 Å². The highest BCUT2D eigenvalue weighted by Gasteiger charge is 2.26. The van der Waals surface area contributed by atoms with Gasteiger partial charge in [-0.1, -0.05) is 53.0 Å². The number of carbonyl (C=O) groups is 1. The lowest BCUT2D eigenvalue weighted by molar-refractivity contribution is -0.129. The van der Waals surface area contributed by atoms with Crippen LogP contribution >= 0.6 is 50.7 Å². The molecule has 0 atom stereocenters. The fraction of sp³-hybridized carbons (Fsp3) is 0.120. The van der Waals surface area contributed by atoms with E-state index < -0.39 is 5.97 Å². The van der Waals surface area contributed by atoms with Gasteiger partial charge in [0.1, 0.15) is 6.61 Å². The number of esters is 1. The molecule has 174 valence electrons. The summed E-state index contributed by atoms with van der Waals surface area (Å²) in [5.41, 5.74) is 2.22. The lowest BCUT2D eigenvalue weighted by atomic mass is 10.1. The monoisotopic (exact) mass is 579 g/mol. The molecule has 1 aliphatic heterocycles. The Hall–Kier alpha value is -2.51. The Kier molecular flexibility index (Phi) is 7.84. The van der Waals surface area contributed by atoms with Gasteiger partial charge in [0.25, 0.3) is 0 Å². The summed E-state index contributed by atoms with van der Waals surface area (Å²) in [5.74, 6) is 0.617. The minimum Gasteiger partial charge on any atom is -0.490 e. The largest absolute Gasteiger partial charge is 0.490 e. The molecule has 0 fully saturated rings. The maximum atomic E-state index is 12.4. The summed E-state index contributed by atoms with van der Waals surface area (Å²) in [4.78, 5) is 16.7. The van der Waals surface area contributed by atoms with Gasteiger partial charge in [0, 0.05) is 0 Å². The van der Waals surface area contributed by atoms with Crippen LogP contribution in [0.4, 0.5) is 0 Å². The van der Waals surface area contributed by atoms with Crippen molar-refractivity contribution in [1.82, 2.24) is 0 Å². The van der Waals surface area contributed by atoms with E-state index >= 15 is 0 Å². The lowest BCUT2D eigenvalue weighted by Crippen LogP contribution is -2.05. The van der Waals surface area contributed by atoms with Crippen LogP contribution in [0.5, 0.6) is 11.5 Å². The number of hydrogen-bond donors (Lipinski definition) is 0. The third-order valence-electron chi connectivity index (χ3n) is 4.73. The number of rotatable bonds is 7. The normalized spacial score (nSPS) is 14.2. The van der Waals surface area contributed by atoms with Gasteiger partial charge in [-0.15, -0.1) is 0 Å². The molecule has 0 saturated heterocycles. The quantitative estimate of drug-likeness (QED) is 0.212. The number of cyclic esters (lactones) is 1. The van der Waals surface area contributed by atoms with Gasteiger partial charge in [-0.05, 0) is 76.5 Å². The molecular weight excluding hydrogens is 565 g/mol. The molecule has 9 heteroatoms. The first-order valence-corrected chi connectivity index (χ1v) is 12.1. The van der Waals surface area contributed by atoms with E-state index in [1.807, 2.05) is 13.0 Å². The average molecular weight is 582 g/mol. The van der Waals surface area contributed by atoms with Crippen LogP contribution in [0.15, 0.2) is 69.8 Å². The number of nitrogens with zero attached hydrogens (tertiary/aromatic N) is 1. The molecule has 0 spiro atoms. The SMILES string of the molecule is CCOc1cc(/C=C2\N=C(c3ccccc3Cl)OC2=O)cc(Br)c1OCc1ccc(Cl)c(Cl)c1. The van der Waals surface area contributed by atoms with Crippen molar-refractivity contribution < 1.29 is 19.0 Å². The molecule has 0 unspecified atom stereocenters. The first-order valence-electron chi connectivity index (χ1n) is 10.2. The van der Waals surface area contributed by atoms with Gasteiger partial charge in [-0.2, -0.15) is 0 Å². The van der Waals surface area contributed by atoms with E-state index in [1.54, 1.807) is 54.6 Å². The number of hydrogen-bond acceptors (Lipinski definition) is 5. The Bertz CT molecular complexity index is 1320. The van der Waals surface area contributed by atoms with E-state index in [-0.39, 0.29) is 18.2 Å². The van der Waals surface area contributed by atoms with Gasteiger partial charge in [0.2, 0.25) is 5.90 Å². The molecule has 0 amide bonds. The molecule has 34 heavy (non-hydrogen) atoms. The Labute approximate surface area is 220 Å². The van der Waals surface area contributed by atoms with Gasteiger partial charge in [0.05, 0.1) is 31.7 Å². The van der Waals surface area contributed by atoms with E-state index in [9.17, 15) is 4.79 Å². The second kappa shape index (κ2) is 10.8. The van der Waals surface area contributed by atoms with Crippen molar-refractivity contribution in [2.24, 2.45) is 4.99 Å². The molecule has 5 nitrogen and oxygen atoms in total. The number of aliphatic imine (C=N–C) groups is 1. The molecule has 1 aliphatic rings. The Balaban J connectivity index is 1.62. The zero-order chi connectivity index (χ0) is 24.2. The van der Waals surface area contributed by atoms with Crippen molar-refractivity contribution in [3.05, 3.63) is 96.5 Å². The Morgan fingerprint density at radius 3 is 2.53 bits per heavy atom. The van der Waals surface area contributed by atoms with Crippen molar-refractivity contribution in [1.29, 1.82) is 0 Å². The van der Waals surface area contributed by atoms with Crippen molar-refractivity contribution in [2.75, 3.05) is 6.61 Å². The van der Waals surface area contributed by atoms with Gasteiger partial charge in [-0.25, -0.2) is 9.79 Å². The van der Waals surface area contributed by atoms with Crippen molar-refractivity contribution in [2.45, 2.75) is 13.5 Å². The van der Waals surface area contributed by atoms with Crippen LogP contribution in [0.25, 0.3) is 6.08 Å². The van der Waals surface area contributed by atoms with Crippen LogP contribution in [0, 0.1) is 0 Å². The topological polar surface area (TPSA) is 57.1 Å². The Morgan fingerprint density at radius 2 is 1.79 bits per heavy atom. The van der Waals surface area contributed by atoms with E-state index in [0.29, 0.717) is 48.8 Å². The average Bonchev–Trinajstić information content (AvgIpc) is 3.16. The third kappa shape index (κ3) is 5.58. The fourth-order valence-corrected chi connectivity index (χ4v) is 4.29. The highest BCUT2D eigenvalue weighted by atomic mass is 79.9. The van der Waals surface area contributed by atoms with Gasteiger partial charge in [0.15, 0.2) is 17.2 Å². The van der Waals surface area contributed by atoms with Gasteiger partial charge < -0.3 is 14.2 Å². The molecule has 0 aliphatic carbocycles. The van der Waals surface area contributed by atoms with Crippen LogP contribution < -0.4 is 9.47 Å².